The number of ether oxygens (including phenoxy) is 1. The van der Waals surface area contributed by atoms with E-state index in [1.165, 1.54) is 28.0 Å². The van der Waals surface area contributed by atoms with Crippen LogP contribution in [-0.2, 0) is 6.42 Å². The van der Waals surface area contributed by atoms with Gasteiger partial charge in [-0.05, 0) is 69.2 Å². The minimum absolute atomic E-state index is 0.0129. The molecule has 0 N–H and O–H groups in total. The summed E-state index contributed by atoms with van der Waals surface area (Å²) in [5, 5.41) is 0. The van der Waals surface area contributed by atoms with Gasteiger partial charge in [0.1, 0.15) is 12.4 Å². The van der Waals surface area contributed by atoms with Gasteiger partial charge in [-0.25, -0.2) is 4.99 Å². The summed E-state index contributed by atoms with van der Waals surface area (Å²) >= 11 is 5.02. The number of rotatable bonds is 5. The molecule has 0 amide bonds. The van der Waals surface area contributed by atoms with Crippen LogP contribution in [0.5, 0.6) is 5.75 Å². The average Bonchev–Trinajstić information content (AvgIpc) is 3.21. The van der Waals surface area contributed by atoms with Crippen LogP contribution < -0.4 is 19.6 Å². The van der Waals surface area contributed by atoms with Crippen molar-refractivity contribution in [2.24, 2.45) is 4.99 Å². The van der Waals surface area contributed by atoms with Crippen molar-refractivity contribution in [3.8, 4) is 5.75 Å². The van der Waals surface area contributed by atoms with E-state index >= 15 is 0 Å². The van der Waals surface area contributed by atoms with Crippen molar-refractivity contribution in [3.63, 3.8) is 0 Å². The molecule has 0 saturated heterocycles. The monoisotopic (exact) mass is 554 g/mol. The highest BCUT2D eigenvalue weighted by Crippen LogP contribution is 2.41. The van der Waals surface area contributed by atoms with Gasteiger partial charge in [-0.3, -0.25) is 9.36 Å². The molecule has 6 rings (SSSR count). The Bertz CT molecular complexity index is 1700. The molecule has 1 aliphatic carbocycles. The summed E-state index contributed by atoms with van der Waals surface area (Å²) in [7, 11) is 0. The van der Waals surface area contributed by atoms with Gasteiger partial charge in [-0.15, -0.1) is 0 Å². The van der Waals surface area contributed by atoms with Crippen molar-refractivity contribution in [2.45, 2.75) is 18.9 Å². The highest BCUT2D eigenvalue weighted by atomic mass is 79.9. The topological polar surface area (TPSA) is 43.6 Å². The fourth-order valence-corrected chi connectivity index (χ4v) is 6.49. The number of halogens is 1. The summed E-state index contributed by atoms with van der Waals surface area (Å²) in [5.41, 5.74) is 6.74. The second kappa shape index (κ2) is 9.52. The van der Waals surface area contributed by atoms with E-state index < -0.39 is 0 Å². The molecule has 1 atom stereocenters. The molecule has 0 unspecified atom stereocenters. The summed E-state index contributed by atoms with van der Waals surface area (Å²) in [6.07, 6.45) is 5.48. The molecule has 0 fully saturated rings. The number of thiazole rings is 1. The molecule has 1 aliphatic heterocycles. The van der Waals surface area contributed by atoms with Gasteiger partial charge in [0.2, 0.25) is 0 Å². The van der Waals surface area contributed by atoms with E-state index in [0.29, 0.717) is 11.1 Å². The molecule has 0 spiro atoms. The van der Waals surface area contributed by atoms with Gasteiger partial charge in [-0.2, -0.15) is 0 Å². The van der Waals surface area contributed by atoms with Crippen molar-refractivity contribution in [1.29, 1.82) is 0 Å². The molecule has 3 aromatic carbocycles. The molecule has 1 aromatic heterocycles. The summed E-state index contributed by atoms with van der Waals surface area (Å²) in [6.45, 7) is 4.13. The normalized spacial score (nSPS) is 16.6. The highest BCUT2D eigenvalue weighted by Gasteiger charge is 2.32. The summed E-state index contributed by atoms with van der Waals surface area (Å²) in [5.74, 6) is 0.740. The quantitative estimate of drug-likeness (QED) is 0.299. The third-order valence-electron chi connectivity index (χ3n) is 6.60. The fourth-order valence-electron chi connectivity index (χ4n) is 4.98. The molecule has 0 saturated carbocycles. The lowest BCUT2D eigenvalue weighted by Gasteiger charge is -2.30. The molecule has 36 heavy (non-hydrogen) atoms. The number of aryl methyl sites for hydroxylation is 1. The largest absolute Gasteiger partial charge is 0.488 e. The average molecular weight is 555 g/mol. The van der Waals surface area contributed by atoms with Gasteiger partial charge in [-0.1, -0.05) is 84.7 Å². The van der Waals surface area contributed by atoms with Gasteiger partial charge in [0, 0.05) is 5.56 Å². The Hall–Kier alpha value is -3.48. The maximum absolute atomic E-state index is 13.8. The Balaban J connectivity index is 1.53. The van der Waals surface area contributed by atoms with Crippen LogP contribution in [0.4, 0.5) is 0 Å². The Morgan fingerprint density at radius 1 is 1.08 bits per heavy atom. The van der Waals surface area contributed by atoms with Gasteiger partial charge in [0.15, 0.2) is 4.80 Å². The van der Waals surface area contributed by atoms with Crippen LogP contribution in [0.15, 0.2) is 105 Å². The molecule has 2 aliphatic rings. The number of aromatic nitrogens is 1. The van der Waals surface area contributed by atoms with E-state index in [2.05, 4.69) is 58.9 Å². The van der Waals surface area contributed by atoms with Crippen molar-refractivity contribution in [1.82, 2.24) is 4.57 Å². The maximum atomic E-state index is 13.8. The van der Waals surface area contributed by atoms with Crippen LogP contribution in [0, 0.1) is 0 Å². The predicted molar refractivity (Wildman–Crippen MR) is 149 cm³/mol. The molecule has 4 nitrogen and oxygen atoms in total. The van der Waals surface area contributed by atoms with Gasteiger partial charge < -0.3 is 4.74 Å². The first-order valence-electron chi connectivity index (χ1n) is 11.9. The van der Waals surface area contributed by atoms with Crippen LogP contribution in [0.2, 0.25) is 0 Å². The molecular weight excluding hydrogens is 532 g/mol. The van der Waals surface area contributed by atoms with Gasteiger partial charge >= 0.3 is 0 Å². The van der Waals surface area contributed by atoms with E-state index in [-0.39, 0.29) is 11.6 Å². The third kappa shape index (κ3) is 4.00. The van der Waals surface area contributed by atoms with E-state index in [9.17, 15) is 4.79 Å². The SMILES string of the molecule is C=CCOc1ccc(/C=c2\sc3n(c2=O)[C@@H](c2ccccc2)C2=C(N=3)c3ccccc3CC2)cc1Br. The molecule has 4 aromatic rings. The van der Waals surface area contributed by atoms with E-state index in [0.717, 1.165) is 44.7 Å². The number of allylic oxidation sites excluding steroid dienone is 1. The van der Waals surface area contributed by atoms with E-state index in [4.69, 9.17) is 9.73 Å². The van der Waals surface area contributed by atoms with Crippen molar-refractivity contribution >= 4 is 39.0 Å². The maximum Gasteiger partial charge on any atom is 0.271 e. The lowest BCUT2D eigenvalue weighted by atomic mass is 9.83. The van der Waals surface area contributed by atoms with Crippen molar-refractivity contribution in [3.05, 3.63) is 137 Å². The van der Waals surface area contributed by atoms with Crippen molar-refractivity contribution < 1.29 is 4.74 Å². The first-order valence-corrected chi connectivity index (χ1v) is 13.5. The molecular formula is C30H23BrN2O2S. The van der Waals surface area contributed by atoms with Crippen LogP contribution in [0.3, 0.4) is 0 Å². The number of hydrogen-bond donors (Lipinski definition) is 0. The van der Waals surface area contributed by atoms with Crippen LogP contribution >= 0.6 is 27.3 Å². The minimum Gasteiger partial charge on any atom is -0.488 e. The molecule has 6 heteroatoms. The van der Waals surface area contributed by atoms with Crippen LogP contribution in [0.25, 0.3) is 11.8 Å². The predicted octanol–water partition coefficient (Wildman–Crippen LogP) is 5.65. The van der Waals surface area contributed by atoms with E-state index in [1.54, 1.807) is 6.08 Å². The number of benzene rings is 3. The second-order valence-corrected chi connectivity index (χ2v) is 10.7. The standard InChI is InChI=1S/C30H23BrN2O2S/c1-2-16-35-25-15-12-19(17-24(25)31)18-26-29(34)33-28(21-9-4-3-5-10-21)23-14-13-20-8-6-7-11-22(20)27(23)32-30(33)36-26/h2-12,15,17-18,28H,1,13-14,16H2/b26-18-/t28-/m0/s1. The van der Waals surface area contributed by atoms with Crippen molar-refractivity contribution in [2.75, 3.05) is 6.61 Å². The zero-order valence-electron chi connectivity index (χ0n) is 19.5. The lowest BCUT2D eigenvalue weighted by Crippen LogP contribution is -2.38. The van der Waals surface area contributed by atoms with Gasteiger partial charge in [0.05, 0.1) is 20.7 Å². The van der Waals surface area contributed by atoms with Gasteiger partial charge in [0.25, 0.3) is 5.56 Å². The third-order valence-corrected chi connectivity index (χ3v) is 8.20. The summed E-state index contributed by atoms with van der Waals surface area (Å²) in [6, 6.07) is 24.5. The molecule has 178 valence electrons. The Labute approximate surface area is 221 Å². The first-order chi connectivity index (χ1) is 17.6. The Morgan fingerprint density at radius 3 is 2.69 bits per heavy atom. The van der Waals surface area contributed by atoms with Crippen LogP contribution in [-0.4, -0.2) is 11.2 Å². The number of hydrogen-bond acceptors (Lipinski definition) is 4. The van der Waals surface area contributed by atoms with E-state index in [1.807, 2.05) is 47.0 Å². The smallest absolute Gasteiger partial charge is 0.271 e. The number of fused-ring (bicyclic) bond motifs is 3. The first kappa shape index (κ1) is 23.0. The highest BCUT2D eigenvalue weighted by molar-refractivity contribution is 9.10. The number of nitrogens with zero attached hydrogens (tertiary/aromatic N) is 2. The summed E-state index contributed by atoms with van der Waals surface area (Å²) < 4.78 is 9.04. The second-order valence-electron chi connectivity index (χ2n) is 8.81. The minimum atomic E-state index is -0.158. The zero-order valence-corrected chi connectivity index (χ0v) is 21.9. The van der Waals surface area contributed by atoms with Crippen LogP contribution in [0.1, 0.15) is 34.7 Å². The Morgan fingerprint density at radius 2 is 1.89 bits per heavy atom. The zero-order chi connectivity index (χ0) is 24.6. The molecule has 2 heterocycles. The molecule has 0 radical (unpaired) electrons. The lowest BCUT2D eigenvalue weighted by molar-refractivity contribution is 0.361. The summed E-state index contributed by atoms with van der Waals surface area (Å²) in [4.78, 5) is 19.6. The Kier molecular flexibility index (Phi) is 6.07. The fraction of sp³-hybridized carbons (Fsp3) is 0.133. The molecule has 0 bridgehead atoms.